The van der Waals surface area contributed by atoms with Crippen LogP contribution < -0.4 is 9.80 Å². The van der Waals surface area contributed by atoms with Gasteiger partial charge in [0.15, 0.2) is 0 Å². The van der Waals surface area contributed by atoms with Gasteiger partial charge in [0.25, 0.3) is 0 Å². The van der Waals surface area contributed by atoms with E-state index < -0.39 is 0 Å². The molecule has 0 amide bonds. The first-order valence-corrected chi connectivity index (χ1v) is 6.01. The second kappa shape index (κ2) is 5.92. The lowest BCUT2D eigenvalue weighted by Crippen LogP contribution is -2.13. The summed E-state index contributed by atoms with van der Waals surface area (Å²) in [7, 11) is 4.09. The molecule has 0 atom stereocenters. The average molecular weight is 238 g/mol. The van der Waals surface area contributed by atoms with Gasteiger partial charge >= 0.3 is 0 Å². The fourth-order valence-electron chi connectivity index (χ4n) is 1.70. The van der Waals surface area contributed by atoms with Crippen LogP contribution in [0, 0.1) is 0 Å². The van der Waals surface area contributed by atoms with Gasteiger partial charge in [-0.3, -0.25) is 0 Å². The highest BCUT2D eigenvalue weighted by Crippen LogP contribution is 2.14. The van der Waals surface area contributed by atoms with E-state index in [4.69, 9.17) is 0 Å². The molecule has 0 aliphatic carbocycles. The Kier molecular flexibility index (Phi) is 4.02. The van der Waals surface area contributed by atoms with Gasteiger partial charge in [0.2, 0.25) is 0 Å². The van der Waals surface area contributed by atoms with E-state index in [0.717, 1.165) is 0 Å². The van der Waals surface area contributed by atoms with Crippen LogP contribution in [0.1, 0.15) is 0 Å². The second-order valence-corrected chi connectivity index (χ2v) is 4.19. The zero-order chi connectivity index (χ0) is 12.8. The van der Waals surface area contributed by atoms with Crippen LogP contribution in [-0.2, 0) is 0 Å². The van der Waals surface area contributed by atoms with Crippen LogP contribution in [-0.4, -0.2) is 14.1 Å². The van der Waals surface area contributed by atoms with E-state index in [0.29, 0.717) is 0 Å². The standard InChI is InChI=1S/C16H18N2/c1-17(15-9-5-3-6-10-15)13-14-18(2)16-11-7-4-8-12-16/h3-14H,1-2H3. The summed E-state index contributed by atoms with van der Waals surface area (Å²) in [6.07, 6.45) is 4.12. The van der Waals surface area contributed by atoms with Crippen molar-refractivity contribution in [1.82, 2.24) is 0 Å². The summed E-state index contributed by atoms with van der Waals surface area (Å²) in [6, 6.07) is 20.6. The average Bonchev–Trinajstić information content (AvgIpc) is 2.46. The first-order chi connectivity index (χ1) is 8.77. The van der Waals surface area contributed by atoms with Gasteiger partial charge in [0.05, 0.1) is 0 Å². The second-order valence-electron chi connectivity index (χ2n) is 4.19. The van der Waals surface area contributed by atoms with Crippen LogP contribution in [0.15, 0.2) is 73.1 Å². The molecule has 0 spiro atoms. The molecule has 0 N–H and O–H groups in total. The van der Waals surface area contributed by atoms with Crippen molar-refractivity contribution in [2.45, 2.75) is 0 Å². The van der Waals surface area contributed by atoms with Crippen LogP contribution >= 0.6 is 0 Å². The molecule has 2 aromatic rings. The van der Waals surface area contributed by atoms with E-state index in [-0.39, 0.29) is 0 Å². The van der Waals surface area contributed by atoms with Gasteiger partial charge in [0.1, 0.15) is 0 Å². The zero-order valence-electron chi connectivity index (χ0n) is 10.8. The molecule has 2 nitrogen and oxygen atoms in total. The third-order valence-corrected chi connectivity index (χ3v) is 2.84. The number of para-hydroxylation sites is 2. The molecule has 0 aliphatic rings. The van der Waals surface area contributed by atoms with Crippen LogP contribution in [0.4, 0.5) is 11.4 Å². The van der Waals surface area contributed by atoms with Gasteiger partial charge in [-0.05, 0) is 24.3 Å². The third kappa shape index (κ3) is 3.14. The minimum absolute atomic E-state index is 1.18. The molecule has 2 heteroatoms. The van der Waals surface area contributed by atoms with Crippen LogP contribution in [0.2, 0.25) is 0 Å². The Hall–Kier alpha value is -2.22. The Morgan fingerprint density at radius 1 is 0.611 bits per heavy atom. The van der Waals surface area contributed by atoms with E-state index in [9.17, 15) is 0 Å². The van der Waals surface area contributed by atoms with Gasteiger partial charge < -0.3 is 9.80 Å². The third-order valence-electron chi connectivity index (χ3n) is 2.84. The van der Waals surface area contributed by atoms with Crippen molar-refractivity contribution >= 4 is 11.4 Å². The largest absolute Gasteiger partial charge is 0.350 e. The van der Waals surface area contributed by atoms with E-state index in [1.165, 1.54) is 11.4 Å². The fraction of sp³-hybridized carbons (Fsp3) is 0.125. The maximum absolute atomic E-state index is 2.10. The Labute approximate surface area is 109 Å². The minimum Gasteiger partial charge on any atom is -0.350 e. The molecule has 0 saturated carbocycles. The monoisotopic (exact) mass is 238 g/mol. The summed E-state index contributed by atoms with van der Waals surface area (Å²) in [4.78, 5) is 4.19. The highest BCUT2D eigenvalue weighted by molar-refractivity contribution is 5.51. The normalized spacial score (nSPS) is 10.6. The summed E-state index contributed by atoms with van der Waals surface area (Å²) in [5.41, 5.74) is 2.35. The SMILES string of the molecule is CN(C=CN(C)c1ccccc1)c1ccccc1. The lowest BCUT2D eigenvalue weighted by molar-refractivity contribution is 1.14. The number of anilines is 2. The van der Waals surface area contributed by atoms with E-state index in [1.54, 1.807) is 0 Å². The van der Waals surface area contributed by atoms with Gasteiger partial charge in [-0.1, -0.05) is 36.4 Å². The Bertz CT molecular complexity index is 444. The highest BCUT2D eigenvalue weighted by Gasteiger charge is 1.97. The lowest BCUT2D eigenvalue weighted by Gasteiger charge is -2.18. The molecule has 0 radical (unpaired) electrons. The van der Waals surface area contributed by atoms with Gasteiger partial charge in [-0.15, -0.1) is 0 Å². The molecule has 0 aromatic heterocycles. The number of nitrogens with zero attached hydrogens (tertiary/aromatic N) is 2. The topological polar surface area (TPSA) is 6.48 Å². The van der Waals surface area contributed by atoms with Crippen molar-refractivity contribution in [2.75, 3.05) is 23.9 Å². The predicted molar refractivity (Wildman–Crippen MR) is 78.8 cm³/mol. The number of benzene rings is 2. The van der Waals surface area contributed by atoms with E-state index in [1.807, 2.05) is 50.5 Å². The fourth-order valence-corrected chi connectivity index (χ4v) is 1.70. The quantitative estimate of drug-likeness (QED) is 0.800. The van der Waals surface area contributed by atoms with Gasteiger partial charge in [-0.2, -0.15) is 0 Å². The Balaban J connectivity index is 2.03. The molecule has 92 valence electrons. The smallest absolute Gasteiger partial charge is 0.0403 e. The van der Waals surface area contributed by atoms with Gasteiger partial charge in [-0.25, -0.2) is 0 Å². The zero-order valence-corrected chi connectivity index (χ0v) is 10.8. The molecular weight excluding hydrogens is 220 g/mol. The Morgan fingerprint density at radius 3 is 1.28 bits per heavy atom. The van der Waals surface area contributed by atoms with Crippen LogP contribution in [0.25, 0.3) is 0 Å². The predicted octanol–water partition coefficient (Wildman–Crippen LogP) is 3.73. The summed E-state index contributed by atoms with van der Waals surface area (Å²) in [5, 5.41) is 0. The molecule has 0 aliphatic heterocycles. The Morgan fingerprint density at radius 2 is 0.944 bits per heavy atom. The number of hydrogen-bond donors (Lipinski definition) is 0. The maximum Gasteiger partial charge on any atom is 0.0403 e. The first-order valence-electron chi connectivity index (χ1n) is 6.01. The van der Waals surface area contributed by atoms with Gasteiger partial charge in [0, 0.05) is 37.9 Å². The van der Waals surface area contributed by atoms with E-state index >= 15 is 0 Å². The molecule has 2 rings (SSSR count). The molecule has 0 heterocycles. The van der Waals surface area contributed by atoms with Crippen molar-refractivity contribution in [3.8, 4) is 0 Å². The van der Waals surface area contributed by atoms with Crippen LogP contribution in [0.3, 0.4) is 0 Å². The van der Waals surface area contributed by atoms with E-state index in [2.05, 4.69) is 46.5 Å². The maximum atomic E-state index is 2.10. The van der Waals surface area contributed by atoms with Crippen LogP contribution in [0.5, 0.6) is 0 Å². The summed E-state index contributed by atoms with van der Waals surface area (Å²) < 4.78 is 0. The molecule has 0 saturated heterocycles. The molecule has 0 fully saturated rings. The van der Waals surface area contributed by atoms with Crippen molar-refractivity contribution in [2.24, 2.45) is 0 Å². The molecule has 2 aromatic carbocycles. The molecule has 0 bridgehead atoms. The summed E-state index contributed by atoms with van der Waals surface area (Å²) >= 11 is 0. The highest BCUT2D eigenvalue weighted by atomic mass is 15.1. The first kappa shape index (κ1) is 12.2. The molecule has 18 heavy (non-hydrogen) atoms. The molecule has 0 unspecified atom stereocenters. The summed E-state index contributed by atoms with van der Waals surface area (Å²) in [5.74, 6) is 0. The molecular formula is C16H18N2. The van der Waals surface area contributed by atoms with Crippen molar-refractivity contribution in [3.63, 3.8) is 0 Å². The van der Waals surface area contributed by atoms with Crippen molar-refractivity contribution in [3.05, 3.63) is 73.1 Å². The number of hydrogen-bond acceptors (Lipinski definition) is 2. The minimum atomic E-state index is 1.18. The van der Waals surface area contributed by atoms with Crippen molar-refractivity contribution < 1.29 is 0 Å². The number of rotatable bonds is 4. The van der Waals surface area contributed by atoms with Crippen molar-refractivity contribution in [1.29, 1.82) is 0 Å². The summed E-state index contributed by atoms with van der Waals surface area (Å²) in [6.45, 7) is 0. The lowest BCUT2D eigenvalue weighted by atomic mass is 10.3.